The van der Waals surface area contributed by atoms with E-state index in [0.29, 0.717) is 17.3 Å². The predicted molar refractivity (Wildman–Crippen MR) is 95.1 cm³/mol. The van der Waals surface area contributed by atoms with E-state index in [1.54, 1.807) is 0 Å². The number of H-pyrrole nitrogens is 1. The quantitative estimate of drug-likeness (QED) is 0.524. The van der Waals surface area contributed by atoms with Crippen molar-refractivity contribution in [3.63, 3.8) is 0 Å². The molecule has 0 unspecified atom stereocenters. The van der Waals surface area contributed by atoms with Gasteiger partial charge in [0.15, 0.2) is 5.16 Å². The summed E-state index contributed by atoms with van der Waals surface area (Å²) in [5, 5.41) is 2.47. The highest BCUT2D eigenvalue weighted by Gasteiger charge is 2.13. The molecule has 0 spiro atoms. The third kappa shape index (κ3) is 6.81. The SMILES string of the molecule is CCCc1cc(=O)[nH]c(SCC(=O)NC(=O)c2ccc(OC(F)F)cc2)n1. The lowest BCUT2D eigenvalue weighted by atomic mass is 10.2. The first-order valence-electron chi connectivity index (χ1n) is 7.99. The molecule has 0 aliphatic carbocycles. The molecule has 1 aromatic carbocycles. The number of thioether (sulfide) groups is 1. The van der Waals surface area contributed by atoms with E-state index in [2.05, 4.69) is 20.0 Å². The van der Waals surface area contributed by atoms with Crippen LogP contribution in [0.4, 0.5) is 8.78 Å². The molecule has 2 N–H and O–H groups in total. The van der Waals surface area contributed by atoms with Crippen LogP contribution in [0.3, 0.4) is 0 Å². The lowest BCUT2D eigenvalue weighted by molar-refractivity contribution is -0.117. The van der Waals surface area contributed by atoms with Gasteiger partial charge in [0, 0.05) is 17.3 Å². The zero-order chi connectivity index (χ0) is 19.8. The van der Waals surface area contributed by atoms with Gasteiger partial charge in [-0.1, -0.05) is 25.1 Å². The molecule has 0 atom stereocenters. The Kier molecular flexibility index (Phi) is 7.47. The Hall–Kier alpha value is -2.75. The number of benzene rings is 1. The Morgan fingerprint density at radius 3 is 2.63 bits per heavy atom. The number of ether oxygens (including phenoxy) is 1. The van der Waals surface area contributed by atoms with Crippen LogP contribution in [-0.2, 0) is 11.2 Å². The fraction of sp³-hybridized carbons (Fsp3) is 0.294. The normalized spacial score (nSPS) is 10.7. The number of alkyl halides is 2. The van der Waals surface area contributed by atoms with E-state index in [-0.39, 0.29) is 22.6 Å². The second-order valence-corrected chi connectivity index (χ2v) is 6.32. The average molecular weight is 397 g/mol. The average Bonchev–Trinajstić information content (AvgIpc) is 2.60. The number of halogens is 2. The molecule has 144 valence electrons. The molecular weight excluding hydrogens is 380 g/mol. The summed E-state index contributed by atoms with van der Waals surface area (Å²) in [4.78, 5) is 42.2. The number of amides is 2. The van der Waals surface area contributed by atoms with Crippen molar-refractivity contribution in [2.75, 3.05) is 5.75 Å². The Morgan fingerprint density at radius 2 is 2.00 bits per heavy atom. The van der Waals surface area contributed by atoms with Crippen LogP contribution in [0.2, 0.25) is 0 Å². The van der Waals surface area contributed by atoms with Crippen molar-refractivity contribution in [3.05, 3.63) is 51.9 Å². The van der Waals surface area contributed by atoms with Crippen molar-refractivity contribution >= 4 is 23.6 Å². The summed E-state index contributed by atoms with van der Waals surface area (Å²) >= 11 is 0.995. The standard InChI is InChI=1S/C17H17F2N3O4S/c1-2-3-11-8-13(23)22-17(20-11)27-9-14(24)21-15(25)10-4-6-12(7-5-10)26-16(18)19/h4-8,16H,2-3,9H2,1H3,(H,20,22,23)(H,21,24,25). The van der Waals surface area contributed by atoms with Gasteiger partial charge in [-0.3, -0.25) is 19.7 Å². The number of rotatable bonds is 8. The molecule has 1 aromatic heterocycles. The van der Waals surface area contributed by atoms with E-state index in [4.69, 9.17) is 0 Å². The van der Waals surface area contributed by atoms with E-state index < -0.39 is 18.4 Å². The minimum absolute atomic E-state index is 0.0922. The molecule has 0 aliphatic heterocycles. The molecule has 2 rings (SSSR count). The zero-order valence-electron chi connectivity index (χ0n) is 14.3. The molecule has 0 fully saturated rings. The summed E-state index contributed by atoms with van der Waals surface area (Å²) in [5.41, 5.74) is 0.441. The van der Waals surface area contributed by atoms with Gasteiger partial charge in [0.2, 0.25) is 5.91 Å². The van der Waals surface area contributed by atoms with Gasteiger partial charge in [-0.25, -0.2) is 4.98 Å². The van der Waals surface area contributed by atoms with E-state index >= 15 is 0 Å². The molecule has 2 aromatic rings. The summed E-state index contributed by atoms with van der Waals surface area (Å²) in [6.45, 7) is -1.000. The van der Waals surface area contributed by atoms with Crippen LogP contribution in [0.5, 0.6) is 5.75 Å². The molecule has 2 amide bonds. The van der Waals surface area contributed by atoms with Crippen LogP contribution in [0.1, 0.15) is 29.4 Å². The summed E-state index contributed by atoms with van der Waals surface area (Å²) < 4.78 is 28.4. The maximum absolute atomic E-state index is 12.1. The Bertz CT molecular complexity index is 856. The smallest absolute Gasteiger partial charge is 0.387 e. The Morgan fingerprint density at radius 1 is 1.30 bits per heavy atom. The summed E-state index contributed by atoms with van der Waals surface area (Å²) in [6, 6.07) is 6.34. The second-order valence-electron chi connectivity index (χ2n) is 5.36. The Labute approximate surface area is 157 Å². The van der Waals surface area contributed by atoms with Crippen molar-refractivity contribution in [3.8, 4) is 5.75 Å². The van der Waals surface area contributed by atoms with Crippen molar-refractivity contribution in [2.45, 2.75) is 31.5 Å². The van der Waals surface area contributed by atoms with Gasteiger partial charge in [0.25, 0.3) is 11.5 Å². The second kappa shape index (κ2) is 9.81. The maximum atomic E-state index is 12.1. The molecule has 0 radical (unpaired) electrons. The van der Waals surface area contributed by atoms with Gasteiger partial charge in [0.1, 0.15) is 5.75 Å². The van der Waals surface area contributed by atoms with Gasteiger partial charge < -0.3 is 9.72 Å². The number of hydrogen-bond donors (Lipinski definition) is 2. The summed E-state index contributed by atoms with van der Waals surface area (Å²) in [5.74, 6) is -1.48. The van der Waals surface area contributed by atoms with Crippen molar-refractivity contribution < 1.29 is 23.1 Å². The number of aromatic nitrogens is 2. The molecule has 0 aliphatic rings. The first kappa shape index (κ1) is 20.6. The first-order chi connectivity index (χ1) is 12.9. The van der Waals surface area contributed by atoms with E-state index in [1.807, 2.05) is 6.92 Å². The highest BCUT2D eigenvalue weighted by molar-refractivity contribution is 7.99. The summed E-state index contributed by atoms with van der Waals surface area (Å²) in [7, 11) is 0. The molecular formula is C17H17F2N3O4S. The van der Waals surface area contributed by atoms with Crippen LogP contribution in [0.15, 0.2) is 40.3 Å². The van der Waals surface area contributed by atoms with E-state index in [9.17, 15) is 23.2 Å². The third-order valence-corrected chi connectivity index (χ3v) is 4.09. The number of carbonyl (C=O) groups excluding carboxylic acids is 2. The molecule has 10 heteroatoms. The van der Waals surface area contributed by atoms with Gasteiger partial charge in [-0.2, -0.15) is 8.78 Å². The molecule has 0 bridgehead atoms. The van der Waals surface area contributed by atoms with Crippen LogP contribution in [0.25, 0.3) is 0 Å². The molecule has 7 nitrogen and oxygen atoms in total. The number of nitrogens with one attached hydrogen (secondary N) is 2. The first-order valence-corrected chi connectivity index (χ1v) is 8.98. The van der Waals surface area contributed by atoms with Gasteiger partial charge in [-0.15, -0.1) is 0 Å². The minimum Gasteiger partial charge on any atom is -0.435 e. The fourth-order valence-electron chi connectivity index (χ4n) is 2.09. The van der Waals surface area contributed by atoms with Crippen LogP contribution in [0, 0.1) is 0 Å². The largest absolute Gasteiger partial charge is 0.435 e. The van der Waals surface area contributed by atoms with Gasteiger partial charge in [-0.05, 0) is 30.7 Å². The molecule has 1 heterocycles. The van der Waals surface area contributed by atoms with Gasteiger partial charge in [0.05, 0.1) is 5.75 Å². The number of carbonyl (C=O) groups is 2. The lowest BCUT2D eigenvalue weighted by Crippen LogP contribution is -2.31. The van der Waals surface area contributed by atoms with Gasteiger partial charge >= 0.3 is 6.61 Å². The van der Waals surface area contributed by atoms with E-state index in [1.165, 1.54) is 30.3 Å². The van der Waals surface area contributed by atoms with Crippen molar-refractivity contribution in [1.29, 1.82) is 0 Å². The van der Waals surface area contributed by atoms with Crippen LogP contribution in [-0.4, -0.2) is 34.1 Å². The lowest BCUT2D eigenvalue weighted by Gasteiger charge is -2.07. The molecule has 0 saturated heterocycles. The number of aryl methyl sites for hydroxylation is 1. The summed E-state index contributed by atoms with van der Waals surface area (Å²) in [6.07, 6.45) is 1.48. The van der Waals surface area contributed by atoms with Crippen LogP contribution >= 0.6 is 11.8 Å². The van der Waals surface area contributed by atoms with Crippen LogP contribution < -0.4 is 15.6 Å². The topological polar surface area (TPSA) is 101 Å². The fourth-order valence-corrected chi connectivity index (χ4v) is 2.79. The number of hydrogen-bond acceptors (Lipinski definition) is 6. The Balaban J connectivity index is 1.90. The molecule has 0 saturated carbocycles. The maximum Gasteiger partial charge on any atom is 0.387 e. The third-order valence-electron chi connectivity index (χ3n) is 3.21. The number of imide groups is 1. The highest BCUT2D eigenvalue weighted by atomic mass is 32.2. The highest BCUT2D eigenvalue weighted by Crippen LogP contribution is 2.15. The molecule has 27 heavy (non-hydrogen) atoms. The number of aromatic amines is 1. The zero-order valence-corrected chi connectivity index (χ0v) is 15.1. The predicted octanol–water partition coefficient (Wildman–Crippen LogP) is 2.37. The van der Waals surface area contributed by atoms with Crippen molar-refractivity contribution in [2.24, 2.45) is 0 Å². The number of nitrogens with zero attached hydrogens (tertiary/aromatic N) is 1. The minimum atomic E-state index is -2.96. The monoisotopic (exact) mass is 397 g/mol. The van der Waals surface area contributed by atoms with Crippen molar-refractivity contribution in [1.82, 2.24) is 15.3 Å². The van der Waals surface area contributed by atoms with E-state index in [0.717, 1.165) is 18.2 Å².